The number of nitrogens with two attached hydrogens (primary N) is 1. The van der Waals surface area contributed by atoms with Crippen LogP contribution in [-0.4, -0.2) is 17.9 Å². The van der Waals surface area contributed by atoms with Gasteiger partial charge in [-0.2, -0.15) is 0 Å². The van der Waals surface area contributed by atoms with E-state index in [2.05, 4.69) is 0 Å². The minimum atomic E-state index is -0.376. The summed E-state index contributed by atoms with van der Waals surface area (Å²) in [6, 6.07) is 11.4. The standard InChI is InChI=1S/C17H19FN2O/c1-11-8-9-16(19)14(10-11)17(21)20(3)12(2)13-6-4-5-7-15(13)18/h4-10,12H,19H2,1-3H3. The molecule has 1 unspecified atom stereocenters. The molecule has 0 aliphatic carbocycles. The fraction of sp³-hybridized carbons (Fsp3) is 0.235. The molecule has 0 saturated heterocycles. The van der Waals surface area contributed by atoms with E-state index in [-0.39, 0.29) is 17.8 Å². The molecule has 1 atom stereocenters. The summed E-state index contributed by atoms with van der Waals surface area (Å²) in [5.41, 5.74) is 8.19. The first kappa shape index (κ1) is 15.0. The molecule has 0 saturated carbocycles. The molecule has 0 radical (unpaired) electrons. The molecule has 0 aliphatic heterocycles. The Kier molecular flexibility index (Phi) is 4.26. The highest BCUT2D eigenvalue weighted by Crippen LogP contribution is 2.25. The van der Waals surface area contributed by atoms with Crippen LogP contribution >= 0.6 is 0 Å². The summed E-state index contributed by atoms with van der Waals surface area (Å²) in [6.07, 6.45) is 0. The highest BCUT2D eigenvalue weighted by molar-refractivity contribution is 5.99. The van der Waals surface area contributed by atoms with Crippen LogP contribution in [-0.2, 0) is 0 Å². The van der Waals surface area contributed by atoms with Gasteiger partial charge in [-0.25, -0.2) is 4.39 Å². The fourth-order valence-corrected chi connectivity index (χ4v) is 2.24. The SMILES string of the molecule is Cc1ccc(N)c(C(=O)N(C)C(C)c2ccccc2F)c1. The minimum absolute atomic E-state index is 0.216. The van der Waals surface area contributed by atoms with Gasteiger partial charge < -0.3 is 10.6 Å². The molecule has 0 spiro atoms. The predicted molar refractivity (Wildman–Crippen MR) is 82.5 cm³/mol. The zero-order chi connectivity index (χ0) is 15.6. The number of hydrogen-bond donors (Lipinski definition) is 1. The average molecular weight is 286 g/mol. The van der Waals surface area contributed by atoms with Crippen LogP contribution < -0.4 is 5.73 Å². The molecule has 0 heterocycles. The summed E-state index contributed by atoms with van der Waals surface area (Å²) in [4.78, 5) is 14.1. The first-order valence-corrected chi connectivity index (χ1v) is 6.79. The maximum absolute atomic E-state index is 13.8. The largest absolute Gasteiger partial charge is 0.398 e. The Morgan fingerprint density at radius 2 is 1.90 bits per heavy atom. The van der Waals surface area contributed by atoms with Gasteiger partial charge in [0, 0.05) is 18.3 Å². The Labute approximate surface area is 124 Å². The molecule has 0 aromatic heterocycles. The highest BCUT2D eigenvalue weighted by Gasteiger charge is 2.22. The van der Waals surface area contributed by atoms with Crippen molar-refractivity contribution in [2.45, 2.75) is 19.9 Å². The summed E-state index contributed by atoms with van der Waals surface area (Å²) in [7, 11) is 1.65. The number of nitrogens with zero attached hydrogens (tertiary/aromatic N) is 1. The van der Waals surface area contributed by atoms with E-state index in [1.807, 2.05) is 13.0 Å². The maximum Gasteiger partial charge on any atom is 0.256 e. The van der Waals surface area contributed by atoms with Gasteiger partial charge in [-0.05, 0) is 32.0 Å². The van der Waals surface area contributed by atoms with Gasteiger partial charge >= 0.3 is 0 Å². The number of anilines is 1. The second-order valence-corrected chi connectivity index (χ2v) is 5.20. The average Bonchev–Trinajstić information content (AvgIpc) is 2.48. The molecule has 2 N–H and O–H groups in total. The van der Waals surface area contributed by atoms with E-state index in [9.17, 15) is 9.18 Å². The van der Waals surface area contributed by atoms with E-state index in [1.54, 1.807) is 44.3 Å². The van der Waals surface area contributed by atoms with Crippen molar-refractivity contribution in [1.82, 2.24) is 4.90 Å². The van der Waals surface area contributed by atoms with Crippen LogP contribution in [0.4, 0.5) is 10.1 Å². The number of carbonyl (C=O) groups is 1. The first-order chi connectivity index (χ1) is 9.91. The van der Waals surface area contributed by atoms with Crippen LogP contribution in [0, 0.1) is 12.7 Å². The quantitative estimate of drug-likeness (QED) is 0.877. The Bertz CT molecular complexity index is 670. The molecular weight excluding hydrogens is 267 g/mol. The van der Waals surface area contributed by atoms with Crippen LogP contribution in [0.25, 0.3) is 0 Å². The van der Waals surface area contributed by atoms with Gasteiger partial charge in [-0.1, -0.05) is 29.8 Å². The summed E-state index contributed by atoms with van der Waals surface area (Å²) in [5.74, 6) is -0.534. The van der Waals surface area contributed by atoms with Crippen molar-refractivity contribution in [2.75, 3.05) is 12.8 Å². The highest BCUT2D eigenvalue weighted by atomic mass is 19.1. The zero-order valence-electron chi connectivity index (χ0n) is 12.4. The monoisotopic (exact) mass is 286 g/mol. The van der Waals surface area contributed by atoms with Gasteiger partial charge in [0.05, 0.1) is 11.6 Å². The lowest BCUT2D eigenvalue weighted by atomic mass is 10.0. The molecule has 2 aromatic rings. The summed E-state index contributed by atoms with van der Waals surface area (Å²) >= 11 is 0. The molecule has 2 rings (SSSR count). The summed E-state index contributed by atoms with van der Waals surface area (Å²) in [6.45, 7) is 3.69. The van der Waals surface area contributed by atoms with E-state index >= 15 is 0 Å². The Hall–Kier alpha value is -2.36. The van der Waals surface area contributed by atoms with Crippen molar-refractivity contribution in [3.63, 3.8) is 0 Å². The number of benzene rings is 2. The van der Waals surface area contributed by atoms with Crippen molar-refractivity contribution >= 4 is 11.6 Å². The predicted octanol–water partition coefficient (Wildman–Crippen LogP) is 3.55. The molecule has 21 heavy (non-hydrogen) atoms. The maximum atomic E-state index is 13.8. The lowest BCUT2D eigenvalue weighted by molar-refractivity contribution is 0.0741. The van der Waals surface area contributed by atoms with Gasteiger partial charge in [-0.15, -0.1) is 0 Å². The van der Waals surface area contributed by atoms with Crippen LogP contribution in [0.1, 0.15) is 34.5 Å². The van der Waals surface area contributed by atoms with Crippen molar-refractivity contribution in [2.24, 2.45) is 0 Å². The molecule has 2 aromatic carbocycles. The van der Waals surface area contributed by atoms with Gasteiger partial charge in [0.2, 0.25) is 0 Å². The van der Waals surface area contributed by atoms with Crippen molar-refractivity contribution < 1.29 is 9.18 Å². The molecule has 110 valence electrons. The van der Waals surface area contributed by atoms with E-state index in [0.717, 1.165) is 5.56 Å². The molecular formula is C17H19FN2O. The van der Waals surface area contributed by atoms with Gasteiger partial charge in [0.1, 0.15) is 5.82 Å². The second kappa shape index (κ2) is 5.95. The van der Waals surface area contributed by atoms with Crippen LogP contribution in [0.2, 0.25) is 0 Å². The number of nitrogen functional groups attached to an aromatic ring is 1. The van der Waals surface area contributed by atoms with Gasteiger partial charge in [0.25, 0.3) is 5.91 Å². The van der Waals surface area contributed by atoms with Crippen molar-refractivity contribution in [3.05, 3.63) is 65.0 Å². The summed E-state index contributed by atoms with van der Waals surface area (Å²) in [5, 5.41) is 0. The van der Waals surface area contributed by atoms with Crippen molar-refractivity contribution in [1.29, 1.82) is 0 Å². The van der Waals surface area contributed by atoms with Gasteiger partial charge in [0.15, 0.2) is 0 Å². The Morgan fingerprint density at radius 1 is 1.24 bits per heavy atom. The Balaban J connectivity index is 2.31. The van der Waals surface area contributed by atoms with Crippen molar-refractivity contribution in [3.8, 4) is 0 Å². The summed E-state index contributed by atoms with van der Waals surface area (Å²) < 4.78 is 13.8. The van der Waals surface area contributed by atoms with E-state index < -0.39 is 0 Å². The third-order valence-corrected chi connectivity index (χ3v) is 3.70. The lowest BCUT2D eigenvalue weighted by Gasteiger charge is -2.26. The zero-order valence-corrected chi connectivity index (χ0v) is 12.4. The van der Waals surface area contributed by atoms with E-state index in [0.29, 0.717) is 16.8 Å². The number of rotatable bonds is 3. The number of aryl methyl sites for hydroxylation is 1. The molecule has 0 fully saturated rings. The van der Waals surface area contributed by atoms with E-state index in [1.165, 1.54) is 11.0 Å². The third-order valence-electron chi connectivity index (χ3n) is 3.70. The number of hydrogen-bond acceptors (Lipinski definition) is 2. The van der Waals surface area contributed by atoms with Crippen LogP contribution in [0.15, 0.2) is 42.5 Å². The fourth-order valence-electron chi connectivity index (χ4n) is 2.24. The molecule has 0 bridgehead atoms. The van der Waals surface area contributed by atoms with Crippen LogP contribution in [0.5, 0.6) is 0 Å². The lowest BCUT2D eigenvalue weighted by Crippen LogP contribution is -2.30. The first-order valence-electron chi connectivity index (χ1n) is 6.79. The molecule has 0 aliphatic rings. The third kappa shape index (κ3) is 3.05. The Morgan fingerprint density at radius 3 is 2.57 bits per heavy atom. The minimum Gasteiger partial charge on any atom is -0.398 e. The smallest absolute Gasteiger partial charge is 0.256 e. The number of amides is 1. The van der Waals surface area contributed by atoms with Crippen LogP contribution in [0.3, 0.4) is 0 Å². The molecule has 4 heteroatoms. The second-order valence-electron chi connectivity index (χ2n) is 5.20. The normalized spacial score (nSPS) is 12.0. The number of carbonyl (C=O) groups excluding carboxylic acids is 1. The topological polar surface area (TPSA) is 46.3 Å². The van der Waals surface area contributed by atoms with E-state index in [4.69, 9.17) is 5.73 Å². The van der Waals surface area contributed by atoms with Gasteiger partial charge in [-0.3, -0.25) is 4.79 Å². The molecule has 1 amide bonds. The number of halogens is 1. The molecule has 3 nitrogen and oxygen atoms in total.